The highest BCUT2D eigenvalue weighted by Gasteiger charge is 2.30. The monoisotopic (exact) mass is 552 g/mol. The van der Waals surface area contributed by atoms with E-state index in [1.54, 1.807) is 40.7 Å². The van der Waals surface area contributed by atoms with E-state index in [4.69, 9.17) is 4.42 Å². The molecule has 2 N–H and O–H groups in total. The maximum absolute atomic E-state index is 14.6. The van der Waals surface area contributed by atoms with Crippen molar-refractivity contribution in [2.75, 3.05) is 10.6 Å². The Morgan fingerprint density at radius 2 is 1.60 bits per heavy atom. The molecule has 3 rings (SSSR count). The molecule has 0 atom stereocenters. The summed E-state index contributed by atoms with van der Waals surface area (Å²) in [5.74, 6) is -3.95. The Bertz CT molecular complexity index is 1390. The quantitative estimate of drug-likeness (QED) is 0.371. The molecule has 2 amide bonds. The van der Waals surface area contributed by atoms with Gasteiger partial charge in [0, 0.05) is 16.9 Å². The van der Waals surface area contributed by atoms with E-state index in [9.17, 15) is 27.6 Å². The number of halogens is 4. The first kappa shape index (κ1) is 26.5. The molecule has 0 saturated carbocycles. The minimum absolute atomic E-state index is 0.0264. The summed E-state index contributed by atoms with van der Waals surface area (Å²) in [6.07, 6.45) is 0.103. The molecule has 10 heteroatoms. The molecule has 186 valence electrons. The molecule has 0 saturated heterocycles. The standard InChI is InChI=1S/C25H24BrF3N2O4/c1-24(2,3)22(33)30-16-7-6-12(8-14(16)27)11-25(4,5)23(34)31-18-10-17(32)13-9-15(28)19(26)20(29)21(13)35-18/h6-10H,11H2,1-5H3,(H,30,33)(H,31,34). The molecule has 1 aromatic heterocycles. The Kier molecular flexibility index (Phi) is 7.17. The minimum Gasteiger partial charge on any atom is -0.437 e. The van der Waals surface area contributed by atoms with Crippen LogP contribution in [0, 0.1) is 28.3 Å². The topological polar surface area (TPSA) is 88.4 Å². The van der Waals surface area contributed by atoms with Gasteiger partial charge >= 0.3 is 0 Å². The highest BCUT2D eigenvalue weighted by Crippen LogP contribution is 2.30. The van der Waals surface area contributed by atoms with Crippen molar-refractivity contribution in [2.45, 2.75) is 41.0 Å². The molecule has 0 bridgehead atoms. The van der Waals surface area contributed by atoms with Gasteiger partial charge in [-0.2, -0.15) is 0 Å². The molecule has 0 aliphatic carbocycles. The van der Waals surface area contributed by atoms with Crippen LogP contribution in [0.15, 0.2) is 44.0 Å². The molecular weight excluding hydrogens is 529 g/mol. The molecule has 0 fully saturated rings. The van der Waals surface area contributed by atoms with Crippen LogP contribution in [0.3, 0.4) is 0 Å². The van der Waals surface area contributed by atoms with Crippen LogP contribution in [0.4, 0.5) is 24.7 Å². The fourth-order valence-electron chi connectivity index (χ4n) is 3.21. The Balaban J connectivity index is 1.80. The zero-order valence-electron chi connectivity index (χ0n) is 19.7. The van der Waals surface area contributed by atoms with Crippen molar-refractivity contribution in [3.8, 4) is 0 Å². The predicted molar refractivity (Wildman–Crippen MR) is 131 cm³/mol. The predicted octanol–water partition coefficient (Wildman–Crippen LogP) is 6.16. The summed E-state index contributed by atoms with van der Waals surface area (Å²) in [6.45, 7) is 8.32. The second-order valence-corrected chi connectivity index (χ2v) is 10.7. The van der Waals surface area contributed by atoms with Gasteiger partial charge < -0.3 is 9.73 Å². The van der Waals surface area contributed by atoms with Gasteiger partial charge in [-0.3, -0.25) is 19.7 Å². The van der Waals surface area contributed by atoms with Crippen molar-refractivity contribution >= 4 is 50.3 Å². The van der Waals surface area contributed by atoms with Crippen molar-refractivity contribution in [3.63, 3.8) is 0 Å². The van der Waals surface area contributed by atoms with Gasteiger partial charge in [-0.05, 0) is 46.1 Å². The van der Waals surface area contributed by atoms with E-state index >= 15 is 0 Å². The van der Waals surface area contributed by atoms with Crippen LogP contribution in [0.1, 0.15) is 40.2 Å². The Labute approximate surface area is 208 Å². The summed E-state index contributed by atoms with van der Waals surface area (Å²) < 4.78 is 47.5. The first-order valence-electron chi connectivity index (χ1n) is 10.6. The number of carbonyl (C=O) groups is 2. The summed E-state index contributed by atoms with van der Waals surface area (Å²) in [6, 6.07) is 6.00. The fraction of sp³-hybridized carbons (Fsp3) is 0.320. The van der Waals surface area contributed by atoms with Gasteiger partial charge in [-0.25, -0.2) is 13.2 Å². The molecule has 0 spiro atoms. The third kappa shape index (κ3) is 5.75. The lowest BCUT2D eigenvalue weighted by molar-refractivity contribution is -0.124. The third-order valence-electron chi connectivity index (χ3n) is 5.32. The minimum atomic E-state index is -1.11. The molecule has 35 heavy (non-hydrogen) atoms. The number of benzene rings is 2. The molecular formula is C25H24BrF3N2O4. The van der Waals surface area contributed by atoms with Crippen molar-refractivity contribution < 1.29 is 27.2 Å². The summed E-state index contributed by atoms with van der Waals surface area (Å²) in [7, 11) is 0. The maximum Gasteiger partial charge on any atom is 0.232 e. The maximum atomic E-state index is 14.6. The van der Waals surface area contributed by atoms with E-state index in [1.807, 2.05) is 0 Å². The van der Waals surface area contributed by atoms with Gasteiger partial charge in [0.2, 0.25) is 17.7 Å². The van der Waals surface area contributed by atoms with Crippen LogP contribution in [0.5, 0.6) is 0 Å². The lowest BCUT2D eigenvalue weighted by Gasteiger charge is -2.24. The highest BCUT2D eigenvalue weighted by molar-refractivity contribution is 9.10. The van der Waals surface area contributed by atoms with Crippen LogP contribution in [0.25, 0.3) is 11.0 Å². The third-order valence-corrected chi connectivity index (χ3v) is 6.04. The summed E-state index contributed by atoms with van der Waals surface area (Å²) in [5.41, 5.74) is -2.53. The molecule has 0 aliphatic rings. The summed E-state index contributed by atoms with van der Waals surface area (Å²) >= 11 is 2.75. The van der Waals surface area contributed by atoms with E-state index < -0.39 is 49.7 Å². The number of rotatable bonds is 5. The van der Waals surface area contributed by atoms with E-state index in [-0.39, 0.29) is 29.3 Å². The first-order chi connectivity index (χ1) is 16.1. The van der Waals surface area contributed by atoms with Gasteiger partial charge in [-0.15, -0.1) is 0 Å². The van der Waals surface area contributed by atoms with Crippen LogP contribution >= 0.6 is 15.9 Å². The highest BCUT2D eigenvalue weighted by atomic mass is 79.9. The second kappa shape index (κ2) is 9.49. The van der Waals surface area contributed by atoms with Gasteiger partial charge in [0.15, 0.2) is 16.8 Å². The Morgan fingerprint density at radius 3 is 2.20 bits per heavy atom. The van der Waals surface area contributed by atoms with Crippen LogP contribution in [-0.4, -0.2) is 11.8 Å². The number of amides is 2. The normalized spacial score (nSPS) is 12.0. The number of nitrogens with one attached hydrogen (secondary N) is 2. The van der Waals surface area contributed by atoms with Crippen molar-refractivity contribution in [1.29, 1.82) is 0 Å². The zero-order valence-corrected chi connectivity index (χ0v) is 21.3. The van der Waals surface area contributed by atoms with Crippen molar-refractivity contribution in [1.82, 2.24) is 0 Å². The molecule has 0 aliphatic heterocycles. The number of hydrogen-bond donors (Lipinski definition) is 2. The second-order valence-electron chi connectivity index (χ2n) is 9.87. The zero-order chi connectivity index (χ0) is 26.3. The summed E-state index contributed by atoms with van der Waals surface area (Å²) in [4.78, 5) is 37.3. The number of anilines is 2. The smallest absolute Gasteiger partial charge is 0.232 e. The number of fused-ring (bicyclic) bond motifs is 1. The van der Waals surface area contributed by atoms with Crippen molar-refractivity contribution in [3.05, 3.63) is 68.0 Å². The van der Waals surface area contributed by atoms with Crippen molar-refractivity contribution in [2.24, 2.45) is 10.8 Å². The Morgan fingerprint density at radius 1 is 0.943 bits per heavy atom. The van der Waals surface area contributed by atoms with Gasteiger partial charge in [0.1, 0.15) is 11.6 Å². The molecule has 1 heterocycles. The van der Waals surface area contributed by atoms with Gasteiger partial charge in [-0.1, -0.05) is 40.7 Å². The van der Waals surface area contributed by atoms with E-state index in [0.717, 1.165) is 12.1 Å². The largest absolute Gasteiger partial charge is 0.437 e. The lowest BCUT2D eigenvalue weighted by Crippen LogP contribution is -2.33. The van der Waals surface area contributed by atoms with Gasteiger partial charge in [0.05, 0.1) is 15.5 Å². The average molecular weight is 553 g/mol. The number of carbonyl (C=O) groups excluding carboxylic acids is 2. The van der Waals surface area contributed by atoms with Gasteiger partial charge in [0.25, 0.3) is 0 Å². The number of hydrogen-bond acceptors (Lipinski definition) is 4. The first-order valence-corrected chi connectivity index (χ1v) is 11.4. The van der Waals surface area contributed by atoms with Crippen LogP contribution < -0.4 is 16.1 Å². The fourth-order valence-corrected chi connectivity index (χ4v) is 3.50. The van der Waals surface area contributed by atoms with Crippen LogP contribution in [-0.2, 0) is 16.0 Å². The van der Waals surface area contributed by atoms with Crippen LogP contribution in [0.2, 0.25) is 0 Å². The molecule has 0 radical (unpaired) electrons. The molecule has 6 nitrogen and oxygen atoms in total. The average Bonchev–Trinajstić information content (AvgIpc) is 2.74. The lowest BCUT2D eigenvalue weighted by atomic mass is 9.84. The molecule has 2 aromatic carbocycles. The van der Waals surface area contributed by atoms with E-state index in [0.29, 0.717) is 5.56 Å². The summed E-state index contributed by atoms with van der Waals surface area (Å²) in [5, 5.41) is 4.66. The Hall–Kier alpha value is -3.14. The molecule has 0 unspecified atom stereocenters. The SMILES string of the molecule is CC(C)(C)C(=O)Nc1ccc(CC(C)(C)C(=O)Nc2cc(=O)c3cc(F)c(Br)c(F)c3o2)cc1F. The molecule has 3 aromatic rings. The van der Waals surface area contributed by atoms with E-state index in [2.05, 4.69) is 26.6 Å². The van der Waals surface area contributed by atoms with E-state index in [1.165, 1.54) is 12.1 Å².